The lowest BCUT2D eigenvalue weighted by Crippen LogP contribution is -2.39. The summed E-state index contributed by atoms with van der Waals surface area (Å²) in [7, 11) is 0. The summed E-state index contributed by atoms with van der Waals surface area (Å²) >= 11 is 6.21. The Labute approximate surface area is 103 Å². The van der Waals surface area contributed by atoms with E-state index in [9.17, 15) is 0 Å². The number of hydrogen-bond donors (Lipinski definition) is 1. The molecule has 1 aliphatic rings. The Morgan fingerprint density at radius 2 is 1.69 bits per heavy atom. The van der Waals surface area contributed by atoms with E-state index in [-0.39, 0.29) is 5.54 Å². The van der Waals surface area contributed by atoms with Crippen LogP contribution in [-0.2, 0) is 5.54 Å². The molecule has 2 N–H and O–H groups in total. The van der Waals surface area contributed by atoms with Crippen molar-refractivity contribution >= 4 is 11.6 Å². The van der Waals surface area contributed by atoms with Gasteiger partial charge in [-0.2, -0.15) is 0 Å². The molecule has 2 rings (SSSR count). The Morgan fingerprint density at radius 3 is 2.31 bits per heavy atom. The fraction of sp³-hybridized carbons (Fsp3) is 0.571. The van der Waals surface area contributed by atoms with Crippen LogP contribution in [-0.4, -0.2) is 0 Å². The fourth-order valence-electron chi connectivity index (χ4n) is 2.81. The average Bonchev–Trinajstić information content (AvgIpc) is 2.24. The van der Waals surface area contributed by atoms with Crippen molar-refractivity contribution in [3.8, 4) is 0 Å². The van der Waals surface area contributed by atoms with Crippen molar-refractivity contribution in [3.05, 3.63) is 33.8 Å². The van der Waals surface area contributed by atoms with Gasteiger partial charge in [0.15, 0.2) is 0 Å². The molecule has 2 heteroatoms. The van der Waals surface area contributed by atoms with Crippen molar-refractivity contribution in [2.75, 3.05) is 0 Å². The van der Waals surface area contributed by atoms with E-state index >= 15 is 0 Å². The lowest BCUT2D eigenvalue weighted by Gasteiger charge is -2.35. The maximum atomic E-state index is 6.54. The van der Waals surface area contributed by atoms with Gasteiger partial charge in [-0.25, -0.2) is 0 Å². The zero-order chi connectivity index (χ0) is 11.8. The van der Waals surface area contributed by atoms with Crippen LogP contribution in [0.2, 0.25) is 5.02 Å². The zero-order valence-electron chi connectivity index (χ0n) is 10.1. The molecule has 16 heavy (non-hydrogen) atoms. The van der Waals surface area contributed by atoms with E-state index in [2.05, 4.69) is 19.1 Å². The molecule has 0 aliphatic heterocycles. The van der Waals surface area contributed by atoms with Gasteiger partial charge in [0.1, 0.15) is 0 Å². The van der Waals surface area contributed by atoms with Crippen molar-refractivity contribution in [2.45, 2.75) is 51.5 Å². The second-order valence-electron chi connectivity index (χ2n) is 5.13. The Balaban J connectivity index is 2.42. The van der Waals surface area contributed by atoms with Gasteiger partial charge < -0.3 is 5.73 Å². The molecule has 0 unspecified atom stereocenters. The highest BCUT2D eigenvalue weighted by Gasteiger charge is 2.30. The monoisotopic (exact) mass is 237 g/mol. The molecular formula is C14H20ClN. The van der Waals surface area contributed by atoms with Gasteiger partial charge >= 0.3 is 0 Å². The first-order valence-electron chi connectivity index (χ1n) is 6.09. The summed E-state index contributed by atoms with van der Waals surface area (Å²) in [6.45, 7) is 4.19. The fourth-order valence-corrected chi connectivity index (χ4v) is 2.98. The van der Waals surface area contributed by atoms with Crippen LogP contribution in [0.4, 0.5) is 0 Å². The second-order valence-corrected chi connectivity index (χ2v) is 5.54. The molecule has 1 saturated carbocycles. The SMILES string of the molecule is Cc1cc(C)c(C2(N)CCCCC2)cc1Cl. The predicted molar refractivity (Wildman–Crippen MR) is 69.9 cm³/mol. The number of hydrogen-bond acceptors (Lipinski definition) is 1. The molecule has 0 spiro atoms. The number of nitrogens with two attached hydrogens (primary N) is 1. The van der Waals surface area contributed by atoms with E-state index in [0.29, 0.717) is 0 Å². The van der Waals surface area contributed by atoms with Gasteiger partial charge in [-0.05, 0) is 49.4 Å². The van der Waals surface area contributed by atoms with E-state index in [1.54, 1.807) is 0 Å². The molecule has 0 saturated heterocycles. The standard InChI is InChI=1S/C14H20ClN/c1-10-8-11(2)13(15)9-12(10)14(16)6-4-3-5-7-14/h8-9H,3-7,16H2,1-2H3. The first-order valence-corrected chi connectivity index (χ1v) is 6.47. The predicted octanol–water partition coefficient (Wildman–Crippen LogP) is 4.07. The molecule has 0 radical (unpaired) electrons. The molecule has 0 aromatic heterocycles. The number of aryl methyl sites for hydroxylation is 2. The minimum atomic E-state index is -0.139. The Morgan fingerprint density at radius 1 is 1.06 bits per heavy atom. The molecule has 0 atom stereocenters. The van der Waals surface area contributed by atoms with E-state index < -0.39 is 0 Å². The van der Waals surface area contributed by atoms with Gasteiger partial charge in [-0.3, -0.25) is 0 Å². The van der Waals surface area contributed by atoms with Crippen molar-refractivity contribution < 1.29 is 0 Å². The molecular weight excluding hydrogens is 218 g/mol. The van der Waals surface area contributed by atoms with Crippen molar-refractivity contribution in [3.63, 3.8) is 0 Å². The maximum absolute atomic E-state index is 6.54. The van der Waals surface area contributed by atoms with E-state index in [1.165, 1.54) is 30.4 Å². The Bertz CT molecular complexity index is 392. The van der Waals surface area contributed by atoms with E-state index in [0.717, 1.165) is 23.4 Å². The van der Waals surface area contributed by atoms with Crippen LogP contribution in [0.25, 0.3) is 0 Å². The maximum Gasteiger partial charge on any atom is 0.0438 e. The smallest absolute Gasteiger partial charge is 0.0438 e. The van der Waals surface area contributed by atoms with Crippen LogP contribution in [0.3, 0.4) is 0 Å². The highest BCUT2D eigenvalue weighted by molar-refractivity contribution is 6.31. The minimum absolute atomic E-state index is 0.139. The lowest BCUT2D eigenvalue weighted by atomic mass is 9.76. The first-order chi connectivity index (χ1) is 7.53. The largest absolute Gasteiger partial charge is 0.321 e. The molecule has 1 aliphatic carbocycles. The van der Waals surface area contributed by atoms with Gasteiger partial charge in [0, 0.05) is 10.6 Å². The quantitative estimate of drug-likeness (QED) is 0.783. The van der Waals surface area contributed by atoms with Crippen LogP contribution in [0.1, 0.15) is 48.8 Å². The van der Waals surface area contributed by atoms with Crippen molar-refractivity contribution in [1.29, 1.82) is 0 Å². The minimum Gasteiger partial charge on any atom is -0.321 e. The van der Waals surface area contributed by atoms with Crippen LogP contribution >= 0.6 is 11.6 Å². The van der Waals surface area contributed by atoms with Gasteiger partial charge in [-0.1, -0.05) is 36.9 Å². The third-order valence-electron chi connectivity index (χ3n) is 3.79. The summed E-state index contributed by atoms with van der Waals surface area (Å²) in [5.41, 5.74) is 10.1. The van der Waals surface area contributed by atoms with Crippen LogP contribution < -0.4 is 5.73 Å². The zero-order valence-corrected chi connectivity index (χ0v) is 10.9. The Hall–Kier alpha value is -0.530. The molecule has 88 valence electrons. The molecule has 1 aromatic carbocycles. The number of rotatable bonds is 1. The summed E-state index contributed by atoms with van der Waals surface area (Å²) in [6.07, 6.45) is 5.97. The summed E-state index contributed by atoms with van der Waals surface area (Å²) in [5, 5.41) is 0.844. The summed E-state index contributed by atoms with van der Waals surface area (Å²) in [4.78, 5) is 0. The Kier molecular flexibility index (Phi) is 3.27. The number of halogens is 1. The summed E-state index contributed by atoms with van der Waals surface area (Å²) in [5.74, 6) is 0. The summed E-state index contributed by atoms with van der Waals surface area (Å²) in [6, 6.07) is 4.23. The topological polar surface area (TPSA) is 26.0 Å². The first kappa shape index (κ1) is 11.9. The van der Waals surface area contributed by atoms with Gasteiger partial charge in [-0.15, -0.1) is 0 Å². The van der Waals surface area contributed by atoms with E-state index in [1.807, 2.05) is 6.92 Å². The van der Waals surface area contributed by atoms with Crippen molar-refractivity contribution in [1.82, 2.24) is 0 Å². The lowest BCUT2D eigenvalue weighted by molar-refractivity contribution is 0.301. The molecule has 1 aromatic rings. The molecule has 0 heterocycles. The van der Waals surface area contributed by atoms with Crippen LogP contribution in [0.5, 0.6) is 0 Å². The normalized spacial score (nSPS) is 19.8. The highest BCUT2D eigenvalue weighted by Crippen LogP contribution is 2.37. The average molecular weight is 238 g/mol. The van der Waals surface area contributed by atoms with Crippen LogP contribution in [0, 0.1) is 13.8 Å². The highest BCUT2D eigenvalue weighted by atomic mass is 35.5. The van der Waals surface area contributed by atoms with Crippen LogP contribution in [0.15, 0.2) is 12.1 Å². The molecule has 1 nitrogen and oxygen atoms in total. The van der Waals surface area contributed by atoms with E-state index in [4.69, 9.17) is 17.3 Å². The van der Waals surface area contributed by atoms with Gasteiger partial charge in [0.2, 0.25) is 0 Å². The van der Waals surface area contributed by atoms with Gasteiger partial charge in [0.25, 0.3) is 0 Å². The molecule has 0 amide bonds. The van der Waals surface area contributed by atoms with Gasteiger partial charge in [0.05, 0.1) is 0 Å². The second kappa shape index (κ2) is 4.38. The third kappa shape index (κ3) is 2.11. The molecule has 0 bridgehead atoms. The van der Waals surface area contributed by atoms with Crippen molar-refractivity contribution in [2.24, 2.45) is 5.73 Å². The number of benzene rings is 1. The molecule has 1 fully saturated rings. The third-order valence-corrected chi connectivity index (χ3v) is 4.20. The summed E-state index contributed by atoms with van der Waals surface area (Å²) < 4.78 is 0.